The number of fused-ring (bicyclic) bond motifs is 1. The average molecular weight is 352 g/mol. The molecule has 0 fully saturated rings. The highest BCUT2D eigenvalue weighted by molar-refractivity contribution is 5.97. The van der Waals surface area contributed by atoms with E-state index >= 15 is 0 Å². The lowest BCUT2D eigenvalue weighted by molar-refractivity contribution is -0.117. The molecule has 1 amide bonds. The molecule has 2 aromatic carbocycles. The second kappa shape index (κ2) is 8.52. The molecule has 3 rings (SSSR count). The molecule has 5 nitrogen and oxygen atoms in total. The first-order chi connectivity index (χ1) is 12.7. The molecule has 0 radical (unpaired) electrons. The Balaban J connectivity index is 1.58. The van der Waals surface area contributed by atoms with Gasteiger partial charge in [0.1, 0.15) is 0 Å². The van der Waals surface area contributed by atoms with E-state index in [0.717, 1.165) is 37.2 Å². The minimum absolute atomic E-state index is 0.0450. The fraction of sp³-hybridized carbons (Fsp3) is 0.333. The van der Waals surface area contributed by atoms with Crippen molar-refractivity contribution in [2.45, 2.75) is 26.2 Å². The highest BCUT2D eigenvalue weighted by atomic mass is 16.5. The Morgan fingerprint density at radius 3 is 2.65 bits per heavy atom. The molecule has 1 N–H and O–H groups in total. The number of carbonyl (C=O) groups excluding carboxylic acids is 2. The van der Waals surface area contributed by atoms with Gasteiger partial charge in [0.05, 0.1) is 18.7 Å². The fourth-order valence-electron chi connectivity index (χ4n) is 3.07. The normalized spacial score (nSPS) is 13.0. The number of nitrogens with zero attached hydrogens (tertiary/aromatic N) is 1. The summed E-state index contributed by atoms with van der Waals surface area (Å²) in [5.41, 5.74) is 3.55. The molecule has 0 unspecified atom stereocenters. The minimum Gasteiger partial charge on any atom is -0.462 e. The second-order valence-corrected chi connectivity index (χ2v) is 6.34. The Morgan fingerprint density at radius 2 is 1.88 bits per heavy atom. The van der Waals surface area contributed by atoms with Gasteiger partial charge < -0.3 is 15.0 Å². The monoisotopic (exact) mass is 352 g/mol. The predicted octanol–water partition coefficient (Wildman–Crippen LogP) is 3.64. The molecule has 0 aromatic heterocycles. The van der Waals surface area contributed by atoms with Crippen molar-refractivity contribution in [1.29, 1.82) is 0 Å². The lowest BCUT2D eigenvalue weighted by Gasteiger charge is -2.29. The maximum Gasteiger partial charge on any atom is 0.338 e. The van der Waals surface area contributed by atoms with Crippen molar-refractivity contribution in [2.24, 2.45) is 0 Å². The summed E-state index contributed by atoms with van der Waals surface area (Å²) in [6.45, 7) is 3.34. The summed E-state index contributed by atoms with van der Waals surface area (Å²) in [7, 11) is 0. The van der Waals surface area contributed by atoms with Crippen LogP contribution in [0.25, 0.3) is 0 Å². The fourth-order valence-corrected chi connectivity index (χ4v) is 3.07. The molecule has 0 bridgehead atoms. The van der Waals surface area contributed by atoms with E-state index in [1.807, 2.05) is 30.0 Å². The van der Waals surface area contributed by atoms with Crippen LogP contribution in [0.5, 0.6) is 0 Å². The van der Waals surface area contributed by atoms with E-state index < -0.39 is 0 Å². The van der Waals surface area contributed by atoms with Crippen molar-refractivity contribution >= 4 is 23.3 Å². The van der Waals surface area contributed by atoms with Crippen molar-refractivity contribution in [3.05, 3.63) is 59.7 Å². The molecular formula is C21H24N2O3. The average Bonchev–Trinajstić information content (AvgIpc) is 2.70. The van der Waals surface area contributed by atoms with Crippen molar-refractivity contribution in [2.75, 3.05) is 29.9 Å². The van der Waals surface area contributed by atoms with Crippen LogP contribution >= 0.6 is 0 Å². The molecule has 26 heavy (non-hydrogen) atoms. The van der Waals surface area contributed by atoms with Crippen LogP contribution in [0.2, 0.25) is 0 Å². The quantitative estimate of drug-likeness (QED) is 0.807. The van der Waals surface area contributed by atoms with Crippen LogP contribution in [-0.2, 0) is 16.0 Å². The van der Waals surface area contributed by atoms with E-state index in [1.54, 1.807) is 24.3 Å². The third-order valence-corrected chi connectivity index (χ3v) is 4.41. The maximum atomic E-state index is 12.6. The number of rotatable bonds is 6. The Morgan fingerprint density at radius 1 is 1.12 bits per heavy atom. The summed E-state index contributed by atoms with van der Waals surface area (Å²) in [6.07, 6.45) is 2.80. The molecule has 0 saturated carbocycles. The van der Waals surface area contributed by atoms with Crippen LogP contribution in [0.1, 0.15) is 35.7 Å². The third kappa shape index (κ3) is 4.23. The first kappa shape index (κ1) is 18.0. The van der Waals surface area contributed by atoms with Gasteiger partial charge in [0.15, 0.2) is 0 Å². The summed E-state index contributed by atoms with van der Waals surface area (Å²) >= 11 is 0. The lowest BCUT2D eigenvalue weighted by atomic mass is 10.0. The van der Waals surface area contributed by atoms with Gasteiger partial charge in [0.25, 0.3) is 0 Å². The van der Waals surface area contributed by atoms with Gasteiger partial charge in [-0.15, -0.1) is 0 Å². The molecule has 1 aliphatic rings. The number of hydrogen-bond acceptors (Lipinski definition) is 4. The van der Waals surface area contributed by atoms with Crippen LogP contribution in [0.4, 0.5) is 11.4 Å². The number of ether oxygens (including phenoxy) is 1. The predicted molar refractivity (Wildman–Crippen MR) is 103 cm³/mol. The number of anilines is 2. The number of aryl methyl sites for hydroxylation is 1. The lowest BCUT2D eigenvalue weighted by Crippen LogP contribution is -2.39. The largest absolute Gasteiger partial charge is 0.462 e. The number of amides is 1. The van der Waals surface area contributed by atoms with Crippen LogP contribution in [0, 0.1) is 0 Å². The minimum atomic E-state index is -0.320. The standard InChI is InChI=1S/C21H24N2O3/c1-2-14-26-21(25)17-9-11-18(12-10-17)22-15-20(24)23-13-5-7-16-6-3-4-8-19(16)23/h3-4,6,8-12,22H,2,5,7,13-15H2,1H3. The Kier molecular flexibility index (Phi) is 5.89. The van der Waals surface area contributed by atoms with E-state index in [1.165, 1.54) is 5.56 Å². The van der Waals surface area contributed by atoms with Gasteiger partial charge in [0, 0.05) is 17.9 Å². The van der Waals surface area contributed by atoms with Gasteiger partial charge in [-0.2, -0.15) is 0 Å². The van der Waals surface area contributed by atoms with Gasteiger partial charge in [-0.05, 0) is 55.2 Å². The number of para-hydroxylation sites is 1. The summed E-state index contributed by atoms with van der Waals surface area (Å²) in [5, 5.41) is 3.14. The zero-order valence-electron chi connectivity index (χ0n) is 15.0. The molecule has 0 saturated heterocycles. The second-order valence-electron chi connectivity index (χ2n) is 6.34. The molecule has 1 heterocycles. The molecule has 1 aliphatic heterocycles. The SMILES string of the molecule is CCCOC(=O)c1ccc(NCC(=O)N2CCCc3ccccc32)cc1. The van der Waals surface area contributed by atoms with Crippen LogP contribution in [0.15, 0.2) is 48.5 Å². The smallest absolute Gasteiger partial charge is 0.338 e. The number of esters is 1. The first-order valence-corrected chi connectivity index (χ1v) is 9.08. The van der Waals surface area contributed by atoms with Crippen LogP contribution < -0.4 is 10.2 Å². The molecule has 2 aromatic rings. The Hall–Kier alpha value is -2.82. The molecule has 5 heteroatoms. The van der Waals surface area contributed by atoms with Gasteiger partial charge in [-0.3, -0.25) is 4.79 Å². The van der Waals surface area contributed by atoms with Gasteiger partial charge >= 0.3 is 5.97 Å². The highest BCUT2D eigenvalue weighted by Gasteiger charge is 2.21. The number of hydrogen-bond donors (Lipinski definition) is 1. The number of nitrogens with one attached hydrogen (secondary N) is 1. The van der Waals surface area contributed by atoms with Crippen LogP contribution in [0.3, 0.4) is 0 Å². The molecule has 0 atom stereocenters. The van der Waals surface area contributed by atoms with E-state index in [4.69, 9.17) is 4.74 Å². The number of carbonyl (C=O) groups is 2. The molecule has 0 spiro atoms. The van der Waals surface area contributed by atoms with E-state index in [2.05, 4.69) is 11.4 Å². The van der Waals surface area contributed by atoms with E-state index in [-0.39, 0.29) is 18.4 Å². The topological polar surface area (TPSA) is 58.6 Å². The molecule has 0 aliphatic carbocycles. The highest BCUT2D eigenvalue weighted by Crippen LogP contribution is 2.26. The Labute approximate surface area is 154 Å². The zero-order chi connectivity index (χ0) is 18.4. The van der Waals surface area contributed by atoms with Gasteiger partial charge in [-0.25, -0.2) is 4.79 Å². The van der Waals surface area contributed by atoms with Gasteiger partial charge in [-0.1, -0.05) is 25.1 Å². The van der Waals surface area contributed by atoms with Crippen molar-refractivity contribution < 1.29 is 14.3 Å². The summed E-state index contributed by atoms with van der Waals surface area (Å²) in [5.74, 6) is -0.275. The zero-order valence-corrected chi connectivity index (χ0v) is 15.0. The molecular weight excluding hydrogens is 328 g/mol. The van der Waals surface area contributed by atoms with Crippen molar-refractivity contribution in [1.82, 2.24) is 0 Å². The third-order valence-electron chi connectivity index (χ3n) is 4.41. The van der Waals surface area contributed by atoms with Crippen molar-refractivity contribution in [3.63, 3.8) is 0 Å². The first-order valence-electron chi connectivity index (χ1n) is 9.08. The summed E-state index contributed by atoms with van der Waals surface area (Å²) in [4.78, 5) is 26.3. The van der Waals surface area contributed by atoms with Crippen LogP contribution in [-0.4, -0.2) is 31.6 Å². The summed E-state index contributed by atoms with van der Waals surface area (Å²) in [6, 6.07) is 15.1. The Bertz CT molecular complexity index is 771. The maximum absolute atomic E-state index is 12.6. The van der Waals surface area contributed by atoms with E-state index in [9.17, 15) is 9.59 Å². The number of benzene rings is 2. The summed E-state index contributed by atoms with van der Waals surface area (Å²) < 4.78 is 5.11. The van der Waals surface area contributed by atoms with Crippen molar-refractivity contribution in [3.8, 4) is 0 Å². The van der Waals surface area contributed by atoms with E-state index in [0.29, 0.717) is 12.2 Å². The molecule has 136 valence electrons. The van der Waals surface area contributed by atoms with Gasteiger partial charge in [0.2, 0.25) is 5.91 Å².